The number of unbranched alkanes of at least 4 members (excludes halogenated alkanes) is 2. The molecule has 0 fully saturated rings. The highest BCUT2D eigenvalue weighted by molar-refractivity contribution is 5.81. The normalized spacial score (nSPS) is 10.9. The Morgan fingerprint density at radius 3 is 2.55 bits per heavy atom. The molecule has 1 aromatic heterocycles. The Bertz CT molecular complexity index is 1110. The quantitative estimate of drug-likeness (QED) is 0.240. The molecule has 174 valence electrons. The monoisotopic (exact) mass is 451 g/mol. The van der Waals surface area contributed by atoms with Crippen LogP contribution in [-0.2, 0) is 0 Å². The van der Waals surface area contributed by atoms with Crippen molar-refractivity contribution in [3.05, 3.63) is 58.4 Å². The van der Waals surface area contributed by atoms with Gasteiger partial charge < -0.3 is 14.2 Å². The molecule has 2 aromatic carbocycles. The van der Waals surface area contributed by atoms with E-state index in [-0.39, 0.29) is 17.2 Å². The summed E-state index contributed by atoms with van der Waals surface area (Å²) in [7, 11) is 1.58. The van der Waals surface area contributed by atoms with Crippen LogP contribution in [-0.4, -0.2) is 41.7 Å². The van der Waals surface area contributed by atoms with Gasteiger partial charge in [-0.15, -0.1) is 10.2 Å². The van der Waals surface area contributed by atoms with E-state index < -0.39 is 0 Å². The van der Waals surface area contributed by atoms with Crippen LogP contribution in [0.2, 0.25) is 0 Å². The molecule has 0 amide bonds. The molecule has 33 heavy (non-hydrogen) atoms. The third-order valence-electron chi connectivity index (χ3n) is 4.72. The number of hydrazone groups is 1. The molecule has 0 spiro atoms. The summed E-state index contributed by atoms with van der Waals surface area (Å²) < 4.78 is 16.7. The van der Waals surface area contributed by atoms with E-state index in [1.54, 1.807) is 37.6 Å². The molecule has 3 rings (SSSR count). The zero-order valence-electron chi connectivity index (χ0n) is 19.1. The fraction of sp³-hybridized carbons (Fsp3) is 0.333. The van der Waals surface area contributed by atoms with Crippen LogP contribution >= 0.6 is 0 Å². The Kier molecular flexibility index (Phi) is 8.81. The summed E-state index contributed by atoms with van der Waals surface area (Å²) in [5, 5.41) is 12.1. The van der Waals surface area contributed by atoms with Crippen LogP contribution in [0.5, 0.6) is 17.2 Å². The standard InChI is InChI=1S/C24H29N5O4/c1-4-6-7-14-33-20-13-8-17(15-21(20)32-5-2)16-25-28-24-26-23(30)22(27-29-24)18-9-11-19(31-3)12-10-18/h8-13,15-16H,4-7,14H2,1-3H3,(H2,26,28,29,30)/b25-16+. The van der Waals surface area contributed by atoms with Gasteiger partial charge >= 0.3 is 0 Å². The lowest BCUT2D eigenvalue weighted by molar-refractivity contribution is 0.271. The Hall–Kier alpha value is -3.88. The zero-order chi connectivity index (χ0) is 23.5. The van der Waals surface area contributed by atoms with E-state index in [0.29, 0.717) is 36.0 Å². The lowest BCUT2D eigenvalue weighted by Gasteiger charge is -2.12. The fourth-order valence-electron chi connectivity index (χ4n) is 3.02. The van der Waals surface area contributed by atoms with E-state index in [1.165, 1.54) is 0 Å². The fourth-order valence-corrected chi connectivity index (χ4v) is 3.02. The zero-order valence-corrected chi connectivity index (χ0v) is 19.1. The molecule has 0 radical (unpaired) electrons. The number of nitrogens with one attached hydrogen (secondary N) is 2. The minimum absolute atomic E-state index is 0.134. The molecule has 0 aliphatic heterocycles. The van der Waals surface area contributed by atoms with Crippen LogP contribution in [0.1, 0.15) is 38.7 Å². The van der Waals surface area contributed by atoms with Gasteiger partial charge in [0.15, 0.2) is 17.2 Å². The van der Waals surface area contributed by atoms with Crippen molar-refractivity contribution in [1.29, 1.82) is 0 Å². The average Bonchev–Trinajstić information content (AvgIpc) is 2.83. The summed E-state index contributed by atoms with van der Waals surface area (Å²) in [6.07, 6.45) is 4.88. The smallest absolute Gasteiger partial charge is 0.279 e. The van der Waals surface area contributed by atoms with Gasteiger partial charge in [-0.25, -0.2) is 5.43 Å². The number of hydrogen-bond donors (Lipinski definition) is 2. The number of H-pyrrole nitrogens is 1. The van der Waals surface area contributed by atoms with E-state index in [0.717, 1.165) is 24.8 Å². The maximum atomic E-state index is 12.4. The second-order valence-electron chi connectivity index (χ2n) is 7.14. The summed E-state index contributed by atoms with van der Waals surface area (Å²) in [5.41, 5.74) is 3.97. The van der Waals surface area contributed by atoms with Crippen LogP contribution in [0, 0.1) is 0 Å². The number of nitrogens with zero attached hydrogens (tertiary/aromatic N) is 3. The number of benzene rings is 2. The summed E-state index contributed by atoms with van der Waals surface area (Å²) >= 11 is 0. The topological polar surface area (TPSA) is 111 Å². The number of methoxy groups -OCH3 is 1. The first kappa shape index (κ1) is 23.8. The molecule has 3 aromatic rings. The molecule has 0 unspecified atom stereocenters. The minimum Gasteiger partial charge on any atom is -0.497 e. The SMILES string of the molecule is CCCCCOc1ccc(/C=N/Nc2nnc(-c3ccc(OC)cc3)c(=O)[nH]2)cc1OCC. The second kappa shape index (κ2) is 12.2. The third-order valence-corrected chi connectivity index (χ3v) is 4.72. The highest BCUT2D eigenvalue weighted by Crippen LogP contribution is 2.28. The molecule has 0 aliphatic carbocycles. The van der Waals surface area contributed by atoms with E-state index in [2.05, 4.69) is 32.6 Å². The first-order chi connectivity index (χ1) is 16.1. The first-order valence-electron chi connectivity index (χ1n) is 10.9. The number of hydrogen-bond acceptors (Lipinski definition) is 8. The summed E-state index contributed by atoms with van der Waals surface area (Å²) in [5.74, 6) is 2.20. The molecule has 0 aliphatic rings. The van der Waals surface area contributed by atoms with Crippen molar-refractivity contribution in [3.8, 4) is 28.5 Å². The molecule has 0 bridgehead atoms. The van der Waals surface area contributed by atoms with Crippen molar-refractivity contribution >= 4 is 12.2 Å². The Morgan fingerprint density at radius 1 is 1.03 bits per heavy atom. The van der Waals surface area contributed by atoms with Crippen molar-refractivity contribution in [2.24, 2.45) is 5.10 Å². The van der Waals surface area contributed by atoms with Crippen molar-refractivity contribution < 1.29 is 14.2 Å². The highest BCUT2D eigenvalue weighted by Gasteiger charge is 2.08. The van der Waals surface area contributed by atoms with Crippen molar-refractivity contribution in [2.75, 3.05) is 25.7 Å². The van der Waals surface area contributed by atoms with Gasteiger partial charge in [-0.2, -0.15) is 5.10 Å². The number of aromatic nitrogens is 3. The van der Waals surface area contributed by atoms with E-state index >= 15 is 0 Å². The third kappa shape index (κ3) is 6.80. The Balaban J connectivity index is 1.65. The maximum Gasteiger partial charge on any atom is 0.279 e. The van der Waals surface area contributed by atoms with Crippen LogP contribution in [0.15, 0.2) is 52.4 Å². The number of ether oxygens (including phenoxy) is 3. The molecule has 0 saturated heterocycles. The number of anilines is 1. The van der Waals surface area contributed by atoms with Gasteiger partial charge in [0.2, 0.25) is 5.95 Å². The highest BCUT2D eigenvalue weighted by atomic mass is 16.5. The molecule has 9 heteroatoms. The lowest BCUT2D eigenvalue weighted by Crippen LogP contribution is -2.15. The second-order valence-corrected chi connectivity index (χ2v) is 7.14. The van der Waals surface area contributed by atoms with E-state index in [1.807, 2.05) is 25.1 Å². The largest absolute Gasteiger partial charge is 0.497 e. The molecule has 9 nitrogen and oxygen atoms in total. The van der Waals surface area contributed by atoms with Crippen molar-refractivity contribution in [2.45, 2.75) is 33.1 Å². The first-order valence-corrected chi connectivity index (χ1v) is 10.9. The van der Waals surface area contributed by atoms with Gasteiger partial charge in [-0.1, -0.05) is 19.8 Å². The van der Waals surface area contributed by atoms with Crippen LogP contribution in [0.25, 0.3) is 11.3 Å². The Labute approximate surface area is 192 Å². The molecular formula is C24H29N5O4. The minimum atomic E-state index is -0.379. The summed E-state index contributed by atoms with van der Waals surface area (Å²) in [6.45, 7) is 5.26. The van der Waals surface area contributed by atoms with Crippen LogP contribution in [0.4, 0.5) is 5.95 Å². The van der Waals surface area contributed by atoms with Gasteiger partial charge in [0.05, 0.1) is 26.5 Å². The van der Waals surface area contributed by atoms with Crippen LogP contribution in [0.3, 0.4) is 0 Å². The Morgan fingerprint density at radius 2 is 1.85 bits per heavy atom. The predicted octanol–water partition coefficient (Wildman–Crippen LogP) is 4.25. The van der Waals surface area contributed by atoms with Gasteiger partial charge in [0.1, 0.15) is 5.75 Å². The molecular weight excluding hydrogens is 422 g/mol. The van der Waals surface area contributed by atoms with Gasteiger partial charge in [0, 0.05) is 5.56 Å². The van der Waals surface area contributed by atoms with E-state index in [4.69, 9.17) is 14.2 Å². The van der Waals surface area contributed by atoms with Crippen molar-refractivity contribution in [1.82, 2.24) is 15.2 Å². The molecule has 0 saturated carbocycles. The van der Waals surface area contributed by atoms with E-state index in [9.17, 15) is 4.79 Å². The molecule has 2 N–H and O–H groups in total. The number of aromatic amines is 1. The lowest BCUT2D eigenvalue weighted by atomic mass is 10.1. The average molecular weight is 452 g/mol. The van der Waals surface area contributed by atoms with Crippen LogP contribution < -0.4 is 25.2 Å². The van der Waals surface area contributed by atoms with Gasteiger partial charge in [-0.3, -0.25) is 9.78 Å². The van der Waals surface area contributed by atoms with Gasteiger partial charge in [0.25, 0.3) is 5.56 Å². The molecule has 0 atom stereocenters. The predicted molar refractivity (Wildman–Crippen MR) is 128 cm³/mol. The maximum absolute atomic E-state index is 12.4. The number of rotatable bonds is 12. The molecule has 1 heterocycles. The van der Waals surface area contributed by atoms with Crippen molar-refractivity contribution in [3.63, 3.8) is 0 Å². The van der Waals surface area contributed by atoms with Gasteiger partial charge in [-0.05, 0) is 61.4 Å². The summed E-state index contributed by atoms with van der Waals surface area (Å²) in [4.78, 5) is 15.0. The summed E-state index contributed by atoms with van der Waals surface area (Å²) in [6, 6.07) is 12.6.